The van der Waals surface area contributed by atoms with Crippen LogP contribution in [0.4, 0.5) is 0 Å². The van der Waals surface area contributed by atoms with Gasteiger partial charge in [0.1, 0.15) is 0 Å². The summed E-state index contributed by atoms with van der Waals surface area (Å²) in [6, 6.07) is 12.0. The minimum atomic E-state index is -0.0246. The molecule has 0 aliphatic carbocycles. The number of hydrogen-bond donors (Lipinski definition) is 1. The number of benzene rings is 1. The minimum Gasteiger partial charge on any atom is -0.321 e. The van der Waals surface area contributed by atoms with Gasteiger partial charge in [0.15, 0.2) is 0 Å². The number of fused-ring (bicyclic) bond motifs is 1. The average Bonchev–Trinajstić information content (AvgIpc) is 2.49. The standard InChI is InChI=1S/C17H16N2O/c1-3-12-9-11(2)17(20)19-16(12)14-6-7-15-13(10-14)5-4-8-18-15/h4-10H,3H2,1-2H3,(H,19,20). The van der Waals surface area contributed by atoms with Crippen LogP contribution in [-0.2, 0) is 6.42 Å². The molecule has 20 heavy (non-hydrogen) atoms. The lowest BCUT2D eigenvalue weighted by Crippen LogP contribution is -2.12. The lowest BCUT2D eigenvalue weighted by atomic mass is 10.0. The molecule has 3 rings (SSSR count). The van der Waals surface area contributed by atoms with Crippen molar-refractivity contribution in [1.82, 2.24) is 9.97 Å². The summed E-state index contributed by atoms with van der Waals surface area (Å²) in [5.74, 6) is 0. The second-order valence-corrected chi connectivity index (χ2v) is 4.95. The summed E-state index contributed by atoms with van der Waals surface area (Å²) in [5, 5.41) is 1.08. The maximum absolute atomic E-state index is 11.9. The van der Waals surface area contributed by atoms with Crippen molar-refractivity contribution in [3.63, 3.8) is 0 Å². The molecule has 0 unspecified atom stereocenters. The highest BCUT2D eigenvalue weighted by Crippen LogP contribution is 2.24. The molecule has 2 heterocycles. The second-order valence-electron chi connectivity index (χ2n) is 4.95. The highest BCUT2D eigenvalue weighted by Gasteiger charge is 2.08. The predicted octanol–water partition coefficient (Wildman–Crippen LogP) is 3.46. The quantitative estimate of drug-likeness (QED) is 0.770. The van der Waals surface area contributed by atoms with Gasteiger partial charge >= 0.3 is 0 Å². The van der Waals surface area contributed by atoms with E-state index in [2.05, 4.69) is 23.0 Å². The van der Waals surface area contributed by atoms with Crippen molar-refractivity contribution in [1.29, 1.82) is 0 Å². The molecule has 0 aliphatic rings. The van der Waals surface area contributed by atoms with Crippen LogP contribution in [0.2, 0.25) is 0 Å². The van der Waals surface area contributed by atoms with E-state index < -0.39 is 0 Å². The fourth-order valence-electron chi connectivity index (χ4n) is 2.46. The van der Waals surface area contributed by atoms with E-state index in [0.29, 0.717) is 0 Å². The lowest BCUT2D eigenvalue weighted by molar-refractivity contribution is 1.07. The molecule has 1 N–H and O–H groups in total. The first-order valence-electron chi connectivity index (χ1n) is 6.77. The molecule has 0 amide bonds. The van der Waals surface area contributed by atoms with Crippen molar-refractivity contribution in [3.05, 3.63) is 64.1 Å². The summed E-state index contributed by atoms with van der Waals surface area (Å²) in [5.41, 5.74) is 4.79. The Kier molecular flexibility index (Phi) is 3.11. The van der Waals surface area contributed by atoms with Gasteiger partial charge in [0, 0.05) is 17.1 Å². The van der Waals surface area contributed by atoms with E-state index in [0.717, 1.165) is 39.7 Å². The average molecular weight is 264 g/mol. The summed E-state index contributed by atoms with van der Waals surface area (Å²) in [6.07, 6.45) is 2.67. The molecule has 3 heteroatoms. The van der Waals surface area contributed by atoms with E-state index >= 15 is 0 Å². The van der Waals surface area contributed by atoms with Crippen LogP contribution in [0.15, 0.2) is 47.4 Å². The Labute approximate surface area is 117 Å². The zero-order chi connectivity index (χ0) is 14.1. The Hall–Kier alpha value is -2.42. The van der Waals surface area contributed by atoms with Crippen LogP contribution in [0.3, 0.4) is 0 Å². The molecular weight excluding hydrogens is 248 g/mol. The van der Waals surface area contributed by atoms with Gasteiger partial charge in [0.2, 0.25) is 0 Å². The Morgan fingerprint density at radius 2 is 2.05 bits per heavy atom. The van der Waals surface area contributed by atoms with Gasteiger partial charge in [-0.25, -0.2) is 0 Å². The van der Waals surface area contributed by atoms with Crippen molar-refractivity contribution in [2.24, 2.45) is 0 Å². The highest BCUT2D eigenvalue weighted by atomic mass is 16.1. The first-order chi connectivity index (χ1) is 9.69. The topological polar surface area (TPSA) is 45.8 Å². The van der Waals surface area contributed by atoms with Gasteiger partial charge < -0.3 is 4.98 Å². The Morgan fingerprint density at radius 3 is 2.85 bits per heavy atom. The van der Waals surface area contributed by atoms with E-state index in [-0.39, 0.29) is 5.56 Å². The zero-order valence-electron chi connectivity index (χ0n) is 11.6. The van der Waals surface area contributed by atoms with Crippen molar-refractivity contribution in [2.45, 2.75) is 20.3 Å². The number of aromatic amines is 1. The van der Waals surface area contributed by atoms with E-state index in [1.54, 1.807) is 6.20 Å². The van der Waals surface area contributed by atoms with Crippen molar-refractivity contribution in [2.75, 3.05) is 0 Å². The number of aromatic nitrogens is 2. The first kappa shape index (κ1) is 12.6. The number of pyridine rings is 2. The molecule has 2 aromatic heterocycles. The molecule has 0 bridgehead atoms. The minimum absolute atomic E-state index is 0.0246. The van der Waals surface area contributed by atoms with Gasteiger partial charge in [0.25, 0.3) is 5.56 Å². The number of rotatable bonds is 2. The van der Waals surface area contributed by atoms with Crippen LogP contribution in [0.1, 0.15) is 18.1 Å². The summed E-state index contributed by atoms with van der Waals surface area (Å²) in [7, 11) is 0. The largest absolute Gasteiger partial charge is 0.321 e. The second kappa shape index (κ2) is 4.93. The van der Waals surface area contributed by atoms with Gasteiger partial charge in [-0.2, -0.15) is 0 Å². The van der Waals surface area contributed by atoms with Crippen molar-refractivity contribution < 1.29 is 0 Å². The molecule has 1 aromatic carbocycles. The number of hydrogen-bond acceptors (Lipinski definition) is 2. The van der Waals surface area contributed by atoms with E-state index in [1.807, 2.05) is 37.3 Å². The summed E-state index contributed by atoms with van der Waals surface area (Å²) in [6.45, 7) is 3.94. The fourth-order valence-corrected chi connectivity index (χ4v) is 2.46. The molecule has 0 saturated heterocycles. The number of nitrogens with one attached hydrogen (secondary N) is 1. The van der Waals surface area contributed by atoms with Gasteiger partial charge in [-0.05, 0) is 48.7 Å². The summed E-state index contributed by atoms with van der Waals surface area (Å²) in [4.78, 5) is 19.2. The molecular formula is C17H16N2O. The van der Waals surface area contributed by atoms with E-state index in [1.165, 1.54) is 0 Å². The highest BCUT2D eigenvalue weighted by molar-refractivity contribution is 5.84. The van der Waals surface area contributed by atoms with Crippen LogP contribution < -0.4 is 5.56 Å². The third-order valence-corrected chi connectivity index (χ3v) is 3.58. The SMILES string of the molecule is CCc1cc(C)c(=O)[nH]c1-c1ccc2ncccc2c1. The summed E-state index contributed by atoms with van der Waals surface area (Å²) < 4.78 is 0. The van der Waals surface area contributed by atoms with E-state index in [4.69, 9.17) is 0 Å². The van der Waals surface area contributed by atoms with Crippen LogP contribution in [0.5, 0.6) is 0 Å². The smallest absolute Gasteiger partial charge is 0.251 e. The lowest BCUT2D eigenvalue weighted by Gasteiger charge is -2.09. The molecule has 0 aliphatic heterocycles. The molecule has 100 valence electrons. The fraction of sp³-hybridized carbons (Fsp3) is 0.176. The third-order valence-electron chi connectivity index (χ3n) is 3.58. The van der Waals surface area contributed by atoms with E-state index in [9.17, 15) is 4.79 Å². The number of nitrogens with zero attached hydrogens (tertiary/aromatic N) is 1. The van der Waals surface area contributed by atoms with Gasteiger partial charge in [-0.1, -0.05) is 19.1 Å². The first-order valence-corrected chi connectivity index (χ1v) is 6.77. The molecule has 3 aromatic rings. The maximum Gasteiger partial charge on any atom is 0.251 e. The molecule has 0 spiro atoms. The number of aryl methyl sites for hydroxylation is 2. The molecule has 3 nitrogen and oxygen atoms in total. The van der Waals surface area contributed by atoms with Gasteiger partial charge in [-0.15, -0.1) is 0 Å². The van der Waals surface area contributed by atoms with Crippen LogP contribution in [0, 0.1) is 6.92 Å². The van der Waals surface area contributed by atoms with Crippen LogP contribution in [0.25, 0.3) is 22.2 Å². The predicted molar refractivity (Wildman–Crippen MR) is 81.9 cm³/mol. The molecule has 0 fully saturated rings. The van der Waals surface area contributed by atoms with Crippen LogP contribution in [-0.4, -0.2) is 9.97 Å². The van der Waals surface area contributed by atoms with Crippen molar-refractivity contribution >= 4 is 10.9 Å². The Morgan fingerprint density at radius 1 is 1.20 bits per heavy atom. The Balaban J connectivity index is 2.24. The molecule has 0 saturated carbocycles. The Bertz CT molecular complexity index is 834. The molecule has 0 atom stereocenters. The molecule has 0 radical (unpaired) electrons. The zero-order valence-corrected chi connectivity index (χ0v) is 11.6. The van der Waals surface area contributed by atoms with Gasteiger partial charge in [0.05, 0.1) is 11.2 Å². The number of H-pyrrole nitrogens is 1. The summed E-state index contributed by atoms with van der Waals surface area (Å²) >= 11 is 0. The monoisotopic (exact) mass is 264 g/mol. The third kappa shape index (κ3) is 2.11. The maximum atomic E-state index is 11.9. The van der Waals surface area contributed by atoms with Gasteiger partial charge in [-0.3, -0.25) is 9.78 Å². The van der Waals surface area contributed by atoms with Crippen molar-refractivity contribution in [3.8, 4) is 11.3 Å². The van der Waals surface area contributed by atoms with Crippen LogP contribution >= 0.6 is 0 Å². The normalized spacial score (nSPS) is 10.9.